The van der Waals surface area contributed by atoms with Gasteiger partial charge in [0.25, 0.3) is 0 Å². The Labute approximate surface area is 157 Å². The summed E-state index contributed by atoms with van der Waals surface area (Å²) in [5.41, 5.74) is 7.30. The lowest BCUT2D eigenvalue weighted by Crippen LogP contribution is -2.45. The summed E-state index contributed by atoms with van der Waals surface area (Å²) in [5.74, 6) is 0.844. The molecular weight excluding hydrogens is 320 g/mol. The molecule has 0 saturated carbocycles. The van der Waals surface area contributed by atoms with Crippen molar-refractivity contribution in [2.45, 2.75) is 40.2 Å². The molecule has 26 heavy (non-hydrogen) atoms. The standard InChI is InChI=1S/C23H28N2O/c1-7-25-22-12-16(2)18(13-21(22)17(3)14-23(25,4)5)15-24-19-8-10-20(26-6)11-9-19/h8-15H,7H2,1-6H3. The van der Waals surface area contributed by atoms with Crippen molar-refractivity contribution < 1.29 is 4.74 Å². The van der Waals surface area contributed by atoms with E-state index in [4.69, 9.17) is 4.74 Å². The molecule has 0 aliphatic carbocycles. The van der Waals surface area contributed by atoms with Crippen LogP contribution in [-0.2, 0) is 0 Å². The molecule has 0 bridgehead atoms. The Hall–Kier alpha value is -2.55. The summed E-state index contributed by atoms with van der Waals surface area (Å²) in [6.07, 6.45) is 4.32. The molecule has 0 aromatic heterocycles. The van der Waals surface area contributed by atoms with E-state index in [0.717, 1.165) is 23.5 Å². The van der Waals surface area contributed by atoms with Crippen molar-refractivity contribution >= 4 is 23.2 Å². The first-order valence-corrected chi connectivity index (χ1v) is 9.16. The van der Waals surface area contributed by atoms with E-state index in [-0.39, 0.29) is 5.54 Å². The van der Waals surface area contributed by atoms with Crippen LogP contribution in [-0.4, -0.2) is 25.4 Å². The molecule has 0 spiro atoms. The minimum absolute atomic E-state index is 0.0387. The monoisotopic (exact) mass is 348 g/mol. The SMILES string of the molecule is CCN1c2cc(C)c(C=Nc3ccc(OC)cc3)cc2C(C)=CC1(C)C. The zero-order valence-corrected chi connectivity index (χ0v) is 16.6. The minimum atomic E-state index is 0.0387. The molecule has 3 heteroatoms. The van der Waals surface area contributed by atoms with Crippen LogP contribution in [0.25, 0.3) is 5.57 Å². The maximum absolute atomic E-state index is 5.20. The van der Waals surface area contributed by atoms with Crippen LogP contribution < -0.4 is 9.64 Å². The second kappa shape index (κ2) is 6.99. The van der Waals surface area contributed by atoms with Crippen LogP contribution in [0.2, 0.25) is 0 Å². The van der Waals surface area contributed by atoms with Crippen molar-refractivity contribution in [1.82, 2.24) is 0 Å². The second-order valence-corrected chi connectivity index (χ2v) is 7.41. The van der Waals surface area contributed by atoms with Gasteiger partial charge in [0.05, 0.1) is 18.3 Å². The number of aryl methyl sites for hydroxylation is 1. The average molecular weight is 348 g/mol. The van der Waals surface area contributed by atoms with E-state index in [1.54, 1.807) is 7.11 Å². The zero-order chi connectivity index (χ0) is 18.9. The van der Waals surface area contributed by atoms with Gasteiger partial charge in [0.1, 0.15) is 5.75 Å². The third-order valence-electron chi connectivity index (χ3n) is 5.11. The van der Waals surface area contributed by atoms with E-state index in [2.05, 4.69) is 62.7 Å². The summed E-state index contributed by atoms with van der Waals surface area (Å²) in [6, 6.07) is 12.4. The van der Waals surface area contributed by atoms with Crippen LogP contribution in [0.1, 0.15) is 44.4 Å². The van der Waals surface area contributed by atoms with Crippen LogP contribution in [0, 0.1) is 6.92 Å². The third-order valence-corrected chi connectivity index (χ3v) is 5.11. The third kappa shape index (κ3) is 3.39. The number of hydrogen-bond acceptors (Lipinski definition) is 3. The Balaban J connectivity index is 1.98. The molecule has 3 rings (SSSR count). The number of nitrogens with zero attached hydrogens (tertiary/aromatic N) is 2. The Morgan fingerprint density at radius 3 is 2.42 bits per heavy atom. The molecule has 136 valence electrons. The molecule has 2 aromatic carbocycles. The largest absolute Gasteiger partial charge is 0.497 e. The molecule has 2 aromatic rings. The predicted molar refractivity (Wildman–Crippen MR) is 112 cm³/mol. The molecule has 0 atom stereocenters. The van der Waals surface area contributed by atoms with Gasteiger partial charge in [-0.2, -0.15) is 0 Å². The molecule has 0 amide bonds. The van der Waals surface area contributed by atoms with Crippen LogP contribution in [0.5, 0.6) is 5.75 Å². The smallest absolute Gasteiger partial charge is 0.119 e. The highest BCUT2D eigenvalue weighted by atomic mass is 16.5. The highest BCUT2D eigenvalue weighted by molar-refractivity contribution is 5.90. The Morgan fingerprint density at radius 2 is 1.81 bits per heavy atom. The van der Waals surface area contributed by atoms with Gasteiger partial charge in [0, 0.05) is 24.0 Å². The van der Waals surface area contributed by atoms with Gasteiger partial charge in [0.15, 0.2) is 0 Å². The lowest BCUT2D eigenvalue weighted by atomic mass is 9.87. The lowest BCUT2D eigenvalue weighted by Gasteiger charge is -2.43. The van der Waals surface area contributed by atoms with Crippen molar-refractivity contribution in [1.29, 1.82) is 0 Å². The number of anilines is 1. The first-order chi connectivity index (χ1) is 12.4. The van der Waals surface area contributed by atoms with Gasteiger partial charge in [-0.1, -0.05) is 6.08 Å². The van der Waals surface area contributed by atoms with Crippen molar-refractivity contribution in [3.8, 4) is 5.75 Å². The number of likely N-dealkylation sites (N-methyl/N-ethyl adjacent to an activating group) is 1. The number of rotatable bonds is 4. The quantitative estimate of drug-likeness (QED) is 0.655. The summed E-state index contributed by atoms with van der Waals surface area (Å²) < 4.78 is 5.20. The van der Waals surface area contributed by atoms with E-state index >= 15 is 0 Å². The molecule has 1 aliphatic rings. The fourth-order valence-corrected chi connectivity index (χ4v) is 3.77. The molecule has 1 aliphatic heterocycles. The zero-order valence-electron chi connectivity index (χ0n) is 16.6. The average Bonchev–Trinajstić information content (AvgIpc) is 2.60. The van der Waals surface area contributed by atoms with E-state index in [1.807, 2.05) is 30.5 Å². The van der Waals surface area contributed by atoms with Crippen LogP contribution in [0.3, 0.4) is 0 Å². The number of ether oxygens (including phenoxy) is 1. The van der Waals surface area contributed by atoms with Crippen molar-refractivity contribution in [2.24, 2.45) is 4.99 Å². The van der Waals surface area contributed by atoms with E-state index in [0.29, 0.717) is 0 Å². The molecule has 1 heterocycles. The number of hydrogen-bond donors (Lipinski definition) is 0. The summed E-state index contributed by atoms with van der Waals surface area (Å²) in [5, 5.41) is 0. The molecule has 0 saturated heterocycles. The summed E-state index contributed by atoms with van der Waals surface area (Å²) in [7, 11) is 1.67. The van der Waals surface area contributed by atoms with Gasteiger partial charge in [-0.3, -0.25) is 4.99 Å². The van der Waals surface area contributed by atoms with Gasteiger partial charge < -0.3 is 9.64 Å². The fraction of sp³-hybridized carbons (Fsp3) is 0.348. The van der Waals surface area contributed by atoms with E-state index in [1.165, 1.54) is 22.4 Å². The van der Waals surface area contributed by atoms with Crippen molar-refractivity contribution in [2.75, 3.05) is 18.6 Å². The van der Waals surface area contributed by atoms with Crippen molar-refractivity contribution in [3.05, 3.63) is 59.2 Å². The van der Waals surface area contributed by atoms with Gasteiger partial charge in [-0.05, 0) is 87.7 Å². The molecule has 0 fully saturated rings. The normalized spacial score (nSPS) is 15.8. The molecule has 0 radical (unpaired) electrons. The second-order valence-electron chi connectivity index (χ2n) is 7.41. The number of fused-ring (bicyclic) bond motifs is 1. The molecule has 0 unspecified atom stereocenters. The van der Waals surface area contributed by atoms with Crippen LogP contribution in [0.4, 0.5) is 11.4 Å². The fourth-order valence-electron chi connectivity index (χ4n) is 3.77. The van der Waals surface area contributed by atoms with Gasteiger partial charge in [0.2, 0.25) is 0 Å². The van der Waals surface area contributed by atoms with Gasteiger partial charge in [-0.25, -0.2) is 0 Å². The molecule has 3 nitrogen and oxygen atoms in total. The first-order valence-electron chi connectivity index (χ1n) is 9.16. The number of aliphatic imine (C=N–C) groups is 1. The van der Waals surface area contributed by atoms with E-state index in [9.17, 15) is 0 Å². The number of allylic oxidation sites excluding steroid dienone is 1. The topological polar surface area (TPSA) is 24.8 Å². The minimum Gasteiger partial charge on any atom is -0.497 e. The first kappa shape index (κ1) is 18.2. The highest BCUT2D eigenvalue weighted by Crippen LogP contribution is 2.39. The van der Waals surface area contributed by atoms with Crippen LogP contribution >= 0.6 is 0 Å². The lowest BCUT2D eigenvalue weighted by molar-refractivity contribution is 0.415. The Bertz CT molecular complexity index is 861. The van der Waals surface area contributed by atoms with E-state index < -0.39 is 0 Å². The van der Waals surface area contributed by atoms with Gasteiger partial charge in [-0.15, -0.1) is 0 Å². The number of methoxy groups -OCH3 is 1. The summed E-state index contributed by atoms with van der Waals surface area (Å²) in [6.45, 7) is 12.1. The van der Waals surface area contributed by atoms with Crippen molar-refractivity contribution in [3.63, 3.8) is 0 Å². The van der Waals surface area contributed by atoms with Gasteiger partial charge >= 0.3 is 0 Å². The number of benzene rings is 2. The summed E-state index contributed by atoms with van der Waals surface area (Å²) in [4.78, 5) is 7.11. The Morgan fingerprint density at radius 1 is 1.12 bits per heavy atom. The highest BCUT2D eigenvalue weighted by Gasteiger charge is 2.30. The predicted octanol–water partition coefficient (Wildman–Crippen LogP) is 5.78. The molecule has 0 N–H and O–H groups in total. The maximum atomic E-state index is 5.20. The molecular formula is C23H28N2O. The van der Waals surface area contributed by atoms with Crippen LogP contribution in [0.15, 0.2) is 47.5 Å². The maximum Gasteiger partial charge on any atom is 0.119 e. The summed E-state index contributed by atoms with van der Waals surface area (Å²) >= 11 is 0. The Kier molecular flexibility index (Phi) is 4.90.